The summed E-state index contributed by atoms with van der Waals surface area (Å²) in [6, 6.07) is 7.08. The molecule has 1 amide bonds. The second-order valence-corrected chi connectivity index (χ2v) is 8.53. The van der Waals surface area contributed by atoms with Crippen LogP contribution < -0.4 is 10.1 Å². The highest BCUT2D eigenvalue weighted by molar-refractivity contribution is 9.13. The van der Waals surface area contributed by atoms with E-state index in [0.717, 1.165) is 5.56 Å². The number of methoxy groups -OCH3 is 1. The Kier molecular flexibility index (Phi) is 6.20. The first-order chi connectivity index (χ1) is 12.8. The van der Waals surface area contributed by atoms with Gasteiger partial charge in [0.1, 0.15) is 0 Å². The molecule has 0 spiro atoms. The number of rotatable bonds is 3. The SMILES string of the molecule is COc1cc(/C=C2/SC(=Nc3cccc(Cl)c3C)NC2=O)c(Br)c(Br)c1O. The van der Waals surface area contributed by atoms with Crippen molar-refractivity contribution in [2.45, 2.75) is 6.92 Å². The Morgan fingerprint density at radius 1 is 1.33 bits per heavy atom. The summed E-state index contributed by atoms with van der Waals surface area (Å²) in [4.78, 5) is 17.3. The number of halogens is 3. The lowest BCUT2D eigenvalue weighted by atomic mass is 10.2. The number of phenolic OH excluding ortho intramolecular Hbond substituents is 1. The zero-order valence-corrected chi connectivity index (χ0v) is 18.9. The minimum absolute atomic E-state index is 0.0197. The molecule has 2 N–H and O–H groups in total. The van der Waals surface area contributed by atoms with Gasteiger partial charge in [0.15, 0.2) is 16.7 Å². The fourth-order valence-electron chi connectivity index (χ4n) is 2.32. The maximum absolute atomic E-state index is 12.3. The molecule has 0 unspecified atom stereocenters. The van der Waals surface area contributed by atoms with Crippen LogP contribution in [0.5, 0.6) is 11.5 Å². The second kappa shape index (κ2) is 8.26. The molecule has 1 saturated heterocycles. The predicted molar refractivity (Wildman–Crippen MR) is 117 cm³/mol. The molecule has 2 aromatic rings. The highest BCUT2D eigenvalue weighted by atomic mass is 79.9. The largest absolute Gasteiger partial charge is 0.503 e. The Labute approximate surface area is 182 Å². The molecular weight excluding hydrogens is 520 g/mol. The van der Waals surface area contributed by atoms with Gasteiger partial charge in [-0.05, 0) is 85.9 Å². The number of nitrogens with one attached hydrogen (secondary N) is 1. The van der Waals surface area contributed by atoms with E-state index in [1.54, 1.807) is 18.2 Å². The number of aliphatic imine (C=N–C) groups is 1. The Morgan fingerprint density at radius 2 is 2.07 bits per heavy atom. The van der Waals surface area contributed by atoms with Crippen molar-refractivity contribution in [2.75, 3.05) is 7.11 Å². The molecule has 140 valence electrons. The summed E-state index contributed by atoms with van der Waals surface area (Å²) in [5.41, 5.74) is 2.21. The lowest BCUT2D eigenvalue weighted by molar-refractivity contribution is -0.115. The van der Waals surface area contributed by atoms with Gasteiger partial charge in [0.05, 0.1) is 22.2 Å². The molecule has 1 aliphatic rings. The molecule has 5 nitrogen and oxygen atoms in total. The molecule has 2 aromatic carbocycles. The van der Waals surface area contributed by atoms with E-state index < -0.39 is 0 Å². The third kappa shape index (κ3) is 4.18. The lowest BCUT2D eigenvalue weighted by Crippen LogP contribution is -2.19. The van der Waals surface area contributed by atoms with Crippen molar-refractivity contribution in [3.63, 3.8) is 0 Å². The molecule has 1 heterocycles. The predicted octanol–water partition coefficient (Wildman–Crippen LogP) is 5.78. The Balaban J connectivity index is 1.96. The zero-order chi connectivity index (χ0) is 19.7. The van der Waals surface area contributed by atoms with Crippen molar-refractivity contribution in [2.24, 2.45) is 4.99 Å². The van der Waals surface area contributed by atoms with E-state index in [4.69, 9.17) is 16.3 Å². The molecule has 0 bridgehead atoms. The van der Waals surface area contributed by atoms with E-state index in [9.17, 15) is 9.90 Å². The maximum atomic E-state index is 12.3. The van der Waals surface area contributed by atoms with Crippen LogP contribution in [0.25, 0.3) is 6.08 Å². The number of benzene rings is 2. The first-order valence-electron chi connectivity index (χ1n) is 7.61. The molecular formula is C18H13Br2ClN2O3S. The van der Waals surface area contributed by atoms with Crippen LogP contribution in [-0.4, -0.2) is 23.3 Å². The number of nitrogens with zero attached hydrogens (tertiary/aromatic N) is 1. The van der Waals surface area contributed by atoms with Crippen LogP contribution in [0.3, 0.4) is 0 Å². The third-order valence-corrected chi connectivity index (χ3v) is 7.27. The van der Waals surface area contributed by atoms with Gasteiger partial charge in [-0.3, -0.25) is 4.79 Å². The number of aromatic hydroxyl groups is 1. The highest BCUT2D eigenvalue weighted by Gasteiger charge is 2.25. The molecule has 1 aliphatic heterocycles. The van der Waals surface area contributed by atoms with Gasteiger partial charge < -0.3 is 15.2 Å². The van der Waals surface area contributed by atoms with E-state index in [1.807, 2.05) is 19.1 Å². The summed E-state index contributed by atoms with van der Waals surface area (Å²) in [5.74, 6) is 0.0194. The average Bonchev–Trinajstić information content (AvgIpc) is 2.98. The number of carbonyl (C=O) groups is 1. The molecule has 3 rings (SSSR count). The molecule has 27 heavy (non-hydrogen) atoms. The van der Waals surface area contributed by atoms with Gasteiger partial charge in [-0.25, -0.2) is 4.99 Å². The van der Waals surface area contributed by atoms with Crippen LogP contribution in [0.2, 0.25) is 5.02 Å². The van der Waals surface area contributed by atoms with E-state index in [0.29, 0.717) is 41.0 Å². The Hall–Kier alpha value is -1.48. The number of phenols is 1. The van der Waals surface area contributed by atoms with Crippen molar-refractivity contribution >= 4 is 78.1 Å². The van der Waals surface area contributed by atoms with Gasteiger partial charge in [-0.2, -0.15) is 0 Å². The minimum atomic E-state index is -0.256. The number of amidine groups is 1. The van der Waals surface area contributed by atoms with E-state index >= 15 is 0 Å². The quantitative estimate of drug-likeness (QED) is 0.492. The number of thioether (sulfide) groups is 1. The molecule has 0 atom stereocenters. The summed E-state index contributed by atoms with van der Waals surface area (Å²) in [6.45, 7) is 1.87. The summed E-state index contributed by atoms with van der Waals surface area (Å²) in [7, 11) is 1.46. The maximum Gasteiger partial charge on any atom is 0.264 e. The molecule has 0 aromatic heterocycles. The first-order valence-corrected chi connectivity index (χ1v) is 10.4. The van der Waals surface area contributed by atoms with Gasteiger partial charge in [-0.1, -0.05) is 17.7 Å². The van der Waals surface area contributed by atoms with Crippen LogP contribution in [0.1, 0.15) is 11.1 Å². The van der Waals surface area contributed by atoms with Crippen molar-refractivity contribution in [1.29, 1.82) is 0 Å². The van der Waals surface area contributed by atoms with Crippen LogP contribution in [-0.2, 0) is 4.79 Å². The summed E-state index contributed by atoms with van der Waals surface area (Å²) in [6.07, 6.45) is 1.70. The fraction of sp³-hybridized carbons (Fsp3) is 0.111. The van der Waals surface area contributed by atoms with Crippen molar-refractivity contribution in [3.05, 3.63) is 54.3 Å². The van der Waals surface area contributed by atoms with Crippen molar-refractivity contribution < 1.29 is 14.6 Å². The van der Waals surface area contributed by atoms with E-state index in [2.05, 4.69) is 42.2 Å². The van der Waals surface area contributed by atoms with Crippen LogP contribution in [0.15, 0.2) is 43.1 Å². The standard InChI is InChI=1S/C18H13Br2ClN2O3S/c1-8-10(21)4-3-5-11(8)22-18-23-17(25)13(27-18)7-9-6-12(26-2)16(24)15(20)14(9)19/h3-7,24H,1-2H3,(H,22,23,25)/b13-7+. The number of amides is 1. The summed E-state index contributed by atoms with van der Waals surface area (Å²) < 4.78 is 6.22. The number of hydrogen-bond acceptors (Lipinski definition) is 5. The molecule has 0 aliphatic carbocycles. The van der Waals surface area contributed by atoms with Gasteiger partial charge >= 0.3 is 0 Å². The van der Waals surface area contributed by atoms with Crippen molar-refractivity contribution in [3.8, 4) is 11.5 Å². The monoisotopic (exact) mass is 530 g/mol. The van der Waals surface area contributed by atoms with Gasteiger partial charge in [0, 0.05) is 9.50 Å². The number of carbonyl (C=O) groups excluding carboxylic acids is 1. The van der Waals surface area contributed by atoms with Gasteiger partial charge in [0.25, 0.3) is 5.91 Å². The number of hydrogen-bond donors (Lipinski definition) is 2. The van der Waals surface area contributed by atoms with Crippen LogP contribution >= 0.6 is 55.2 Å². The smallest absolute Gasteiger partial charge is 0.264 e. The first kappa shape index (κ1) is 20.3. The average molecular weight is 533 g/mol. The van der Waals surface area contributed by atoms with Gasteiger partial charge in [0.2, 0.25) is 0 Å². The number of ether oxygens (including phenoxy) is 1. The molecule has 1 fully saturated rings. The van der Waals surface area contributed by atoms with Crippen LogP contribution in [0, 0.1) is 6.92 Å². The Morgan fingerprint density at radius 3 is 2.78 bits per heavy atom. The molecule has 0 saturated carbocycles. The zero-order valence-electron chi connectivity index (χ0n) is 14.1. The third-order valence-electron chi connectivity index (χ3n) is 3.79. The highest BCUT2D eigenvalue weighted by Crippen LogP contribution is 2.43. The minimum Gasteiger partial charge on any atom is -0.503 e. The Bertz CT molecular complexity index is 1010. The molecule has 0 radical (unpaired) electrons. The summed E-state index contributed by atoms with van der Waals surface area (Å²) in [5, 5.41) is 13.9. The normalized spacial score (nSPS) is 16.9. The van der Waals surface area contributed by atoms with Crippen LogP contribution in [0.4, 0.5) is 5.69 Å². The van der Waals surface area contributed by atoms with E-state index in [-0.39, 0.29) is 11.7 Å². The lowest BCUT2D eigenvalue weighted by Gasteiger charge is -2.10. The van der Waals surface area contributed by atoms with E-state index in [1.165, 1.54) is 18.9 Å². The molecule has 9 heteroatoms. The van der Waals surface area contributed by atoms with Gasteiger partial charge in [-0.15, -0.1) is 0 Å². The van der Waals surface area contributed by atoms with Crippen molar-refractivity contribution in [1.82, 2.24) is 5.32 Å². The fourth-order valence-corrected chi connectivity index (χ4v) is 4.16. The second-order valence-electron chi connectivity index (χ2n) is 5.51. The topological polar surface area (TPSA) is 70.9 Å². The summed E-state index contributed by atoms with van der Waals surface area (Å²) >= 11 is 14.1.